The smallest absolute Gasteiger partial charge is 0.340 e. The Kier molecular flexibility index (Phi) is 4.31. The molecule has 3 rings (SSSR count). The molecule has 1 N–H and O–H groups in total. The Balaban J connectivity index is 2.39. The fraction of sp³-hybridized carbons (Fsp3) is 0.278. The molecule has 2 aromatic rings. The lowest BCUT2D eigenvalue weighted by molar-refractivity contribution is 0.0526. The molecule has 7 heteroatoms. The van der Waals surface area contributed by atoms with E-state index in [4.69, 9.17) is 14.2 Å². The van der Waals surface area contributed by atoms with Crippen molar-refractivity contribution >= 4 is 11.9 Å². The average molecular weight is 343 g/mol. The number of carbonyl (C=O) groups is 2. The summed E-state index contributed by atoms with van der Waals surface area (Å²) in [5.74, 6) is -0.903. The molecule has 2 heterocycles. The summed E-state index contributed by atoms with van der Waals surface area (Å²) in [6.07, 6.45) is 0. The maximum Gasteiger partial charge on any atom is 0.340 e. The highest BCUT2D eigenvalue weighted by Gasteiger charge is 2.30. The van der Waals surface area contributed by atoms with Gasteiger partial charge in [0, 0.05) is 11.1 Å². The molecule has 0 spiro atoms. The summed E-state index contributed by atoms with van der Waals surface area (Å²) >= 11 is 0. The highest BCUT2D eigenvalue weighted by Crippen LogP contribution is 2.44. The summed E-state index contributed by atoms with van der Waals surface area (Å²) in [4.78, 5) is 28.6. The van der Waals surface area contributed by atoms with E-state index in [1.165, 1.54) is 0 Å². The van der Waals surface area contributed by atoms with Gasteiger partial charge in [-0.3, -0.25) is 4.98 Å². The highest BCUT2D eigenvalue weighted by atomic mass is 16.7. The number of para-hydroxylation sites is 1. The van der Waals surface area contributed by atoms with Crippen molar-refractivity contribution in [1.29, 1.82) is 0 Å². The lowest BCUT2D eigenvalue weighted by atomic mass is 9.91. The van der Waals surface area contributed by atoms with Crippen LogP contribution in [0.5, 0.6) is 11.5 Å². The molecule has 1 aromatic carbocycles. The van der Waals surface area contributed by atoms with Crippen molar-refractivity contribution in [2.45, 2.75) is 20.8 Å². The second-order valence-corrected chi connectivity index (χ2v) is 5.47. The van der Waals surface area contributed by atoms with Crippen molar-refractivity contribution in [3.05, 3.63) is 40.7 Å². The molecule has 7 nitrogen and oxygen atoms in total. The molecule has 0 unspecified atom stereocenters. The minimum atomic E-state index is -1.18. The molecule has 1 aromatic heterocycles. The highest BCUT2D eigenvalue weighted by molar-refractivity contribution is 6.07. The van der Waals surface area contributed by atoms with Crippen molar-refractivity contribution in [2.75, 3.05) is 13.4 Å². The summed E-state index contributed by atoms with van der Waals surface area (Å²) in [6, 6.07) is 5.13. The van der Waals surface area contributed by atoms with Crippen LogP contribution in [0.15, 0.2) is 18.2 Å². The summed E-state index contributed by atoms with van der Waals surface area (Å²) in [6.45, 7) is 5.13. The SMILES string of the molecule is CCOC(=O)c1c(C)nc(C)c(C(=O)O)c1-c1cccc2c1OCO2. The number of aryl methyl sites for hydroxylation is 2. The van der Waals surface area contributed by atoms with Gasteiger partial charge in [0.25, 0.3) is 0 Å². The molecule has 0 bridgehead atoms. The van der Waals surface area contributed by atoms with Crippen LogP contribution in [-0.4, -0.2) is 35.4 Å². The fourth-order valence-electron chi connectivity index (χ4n) is 2.96. The van der Waals surface area contributed by atoms with Gasteiger partial charge in [-0.25, -0.2) is 9.59 Å². The maximum absolute atomic E-state index is 12.5. The van der Waals surface area contributed by atoms with Gasteiger partial charge in [-0.15, -0.1) is 0 Å². The van der Waals surface area contributed by atoms with Crippen molar-refractivity contribution in [3.8, 4) is 22.6 Å². The minimum absolute atomic E-state index is 0.0343. The van der Waals surface area contributed by atoms with Crippen LogP contribution in [0.1, 0.15) is 39.0 Å². The van der Waals surface area contributed by atoms with E-state index in [9.17, 15) is 14.7 Å². The lowest BCUT2D eigenvalue weighted by Gasteiger charge is -2.17. The zero-order valence-electron chi connectivity index (χ0n) is 14.1. The van der Waals surface area contributed by atoms with Crippen LogP contribution >= 0.6 is 0 Å². The number of hydrogen-bond donors (Lipinski definition) is 1. The topological polar surface area (TPSA) is 95.0 Å². The monoisotopic (exact) mass is 343 g/mol. The molecule has 25 heavy (non-hydrogen) atoms. The van der Waals surface area contributed by atoms with E-state index in [0.29, 0.717) is 28.5 Å². The molecular formula is C18H17NO6. The quantitative estimate of drug-likeness (QED) is 0.853. The first-order valence-corrected chi connectivity index (χ1v) is 7.76. The number of fused-ring (bicyclic) bond motifs is 1. The van der Waals surface area contributed by atoms with Crippen molar-refractivity contribution in [2.24, 2.45) is 0 Å². The van der Waals surface area contributed by atoms with Gasteiger partial charge in [-0.1, -0.05) is 12.1 Å². The number of esters is 1. The normalized spacial score (nSPS) is 12.1. The molecule has 0 fully saturated rings. The van der Waals surface area contributed by atoms with E-state index < -0.39 is 11.9 Å². The molecule has 130 valence electrons. The van der Waals surface area contributed by atoms with Gasteiger partial charge in [-0.05, 0) is 26.8 Å². The Labute approximate surface area is 144 Å². The van der Waals surface area contributed by atoms with Crippen LogP contribution in [0, 0.1) is 13.8 Å². The van der Waals surface area contributed by atoms with Gasteiger partial charge in [-0.2, -0.15) is 0 Å². The van der Waals surface area contributed by atoms with E-state index in [1.807, 2.05) is 0 Å². The molecule has 0 saturated heterocycles. The minimum Gasteiger partial charge on any atom is -0.478 e. The molecule has 0 amide bonds. The summed E-state index contributed by atoms with van der Waals surface area (Å²) in [7, 11) is 0. The van der Waals surface area contributed by atoms with E-state index in [1.54, 1.807) is 39.0 Å². The zero-order valence-corrected chi connectivity index (χ0v) is 14.1. The Hall–Kier alpha value is -3.09. The summed E-state index contributed by atoms with van der Waals surface area (Å²) in [5, 5.41) is 9.72. The first-order valence-electron chi connectivity index (χ1n) is 7.76. The number of carbonyl (C=O) groups excluding carboxylic acids is 1. The van der Waals surface area contributed by atoms with E-state index >= 15 is 0 Å². The fourth-order valence-corrected chi connectivity index (χ4v) is 2.96. The van der Waals surface area contributed by atoms with Gasteiger partial charge < -0.3 is 19.3 Å². The molecule has 1 aliphatic heterocycles. The standard InChI is InChI=1S/C18H17NO6/c1-4-23-18(22)14-10(3)19-9(2)13(17(20)21)15(14)11-6-5-7-12-16(11)25-8-24-12/h5-7H,4,8H2,1-3H3,(H,20,21). The van der Waals surface area contributed by atoms with Crippen molar-refractivity contribution < 1.29 is 28.9 Å². The predicted molar refractivity (Wildman–Crippen MR) is 88.2 cm³/mol. The van der Waals surface area contributed by atoms with Gasteiger partial charge in [0.05, 0.1) is 29.1 Å². The molecule has 0 radical (unpaired) electrons. The van der Waals surface area contributed by atoms with Gasteiger partial charge in [0.1, 0.15) is 0 Å². The number of benzene rings is 1. The van der Waals surface area contributed by atoms with E-state index in [0.717, 1.165) is 0 Å². The van der Waals surface area contributed by atoms with E-state index in [-0.39, 0.29) is 30.1 Å². The third kappa shape index (κ3) is 2.77. The van der Waals surface area contributed by atoms with Gasteiger partial charge >= 0.3 is 11.9 Å². The largest absolute Gasteiger partial charge is 0.478 e. The Morgan fingerprint density at radius 1 is 1.20 bits per heavy atom. The van der Waals surface area contributed by atoms with Crippen LogP contribution in [0.3, 0.4) is 0 Å². The van der Waals surface area contributed by atoms with Crippen molar-refractivity contribution in [1.82, 2.24) is 4.98 Å². The number of hydrogen-bond acceptors (Lipinski definition) is 6. The van der Waals surface area contributed by atoms with Gasteiger partial charge in [0.2, 0.25) is 6.79 Å². The van der Waals surface area contributed by atoms with Crippen molar-refractivity contribution in [3.63, 3.8) is 0 Å². The first kappa shape index (κ1) is 16.8. The first-order chi connectivity index (χ1) is 12.0. The second-order valence-electron chi connectivity index (χ2n) is 5.47. The lowest BCUT2D eigenvalue weighted by Crippen LogP contribution is -2.16. The van der Waals surface area contributed by atoms with Crippen LogP contribution in [0.2, 0.25) is 0 Å². The number of ether oxygens (including phenoxy) is 3. The third-order valence-corrected chi connectivity index (χ3v) is 3.92. The number of aromatic nitrogens is 1. The number of carboxylic acids is 1. The van der Waals surface area contributed by atoms with Crippen LogP contribution < -0.4 is 9.47 Å². The number of carboxylic acid groups (broad SMARTS) is 1. The summed E-state index contributed by atoms with van der Waals surface area (Å²) < 4.78 is 16.0. The second kappa shape index (κ2) is 6.43. The molecule has 1 aliphatic rings. The maximum atomic E-state index is 12.5. The zero-order chi connectivity index (χ0) is 18.1. The molecule has 0 atom stereocenters. The van der Waals surface area contributed by atoms with Crippen LogP contribution in [0.25, 0.3) is 11.1 Å². The number of pyridine rings is 1. The average Bonchev–Trinajstić information content (AvgIpc) is 3.02. The number of aromatic carboxylic acids is 1. The molecular weight excluding hydrogens is 326 g/mol. The Morgan fingerprint density at radius 2 is 1.92 bits per heavy atom. The van der Waals surface area contributed by atoms with Crippen LogP contribution in [0.4, 0.5) is 0 Å². The number of rotatable bonds is 4. The molecule has 0 saturated carbocycles. The Morgan fingerprint density at radius 3 is 2.60 bits per heavy atom. The number of nitrogens with zero attached hydrogens (tertiary/aromatic N) is 1. The third-order valence-electron chi connectivity index (χ3n) is 3.92. The molecule has 0 aliphatic carbocycles. The van der Waals surface area contributed by atoms with Crippen LogP contribution in [-0.2, 0) is 4.74 Å². The Bertz CT molecular complexity index is 874. The van der Waals surface area contributed by atoms with E-state index in [2.05, 4.69) is 4.98 Å². The summed E-state index contributed by atoms with van der Waals surface area (Å²) in [5.41, 5.74) is 1.46. The predicted octanol–water partition coefficient (Wildman–Crippen LogP) is 2.97. The van der Waals surface area contributed by atoms with Gasteiger partial charge in [0.15, 0.2) is 11.5 Å².